The lowest BCUT2D eigenvalue weighted by atomic mass is 9.88. The van der Waals surface area contributed by atoms with Crippen LogP contribution in [0.15, 0.2) is 0 Å². The molecule has 4 nitrogen and oxygen atoms in total. The number of rotatable bonds is 5. The highest BCUT2D eigenvalue weighted by Crippen LogP contribution is 2.28. The number of hydrogen-bond acceptors (Lipinski definition) is 4. The third-order valence-electron chi connectivity index (χ3n) is 2.18. The van der Waals surface area contributed by atoms with Crippen LogP contribution >= 0.6 is 15.9 Å². The molecule has 0 amide bonds. The Bertz CT molecular complexity index is 305. The lowest BCUT2D eigenvalue weighted by Crippen LogP contribution is -2.35. The molecule has 1 atom stereocenters. The van der Waals surface area contributed by atoms with Crippen LogP contribution in [0.3, 0.4) is 0 Å². The molecular weight excluding hydrogens is 300 g/mol. The lowest BCUT2D eigenvalue weighted by Gasteiger charge is -2.26. The summed E-state index contributed by atoms with van der Waals surface area (Å²) < 4.78 is 10.2. The number of carbonyl (C=O) groups excluding carboxylic acids is 2. The number of carbonyl (C=O) groups is 2. The van der Waals surface area contributed by atoms with Gasteiger partial charge in [-0.3, -0.25) is 9.59 Å². The number of alkyl halides is 1. The topological polar surface area (TPSA) is 52.6 Å². The highest BCUT2D eigenvalue weighted by Gasteiger charge is 2.35. The molecule has 5 heteroatoms. The van der Waals surface area contributed by atoms with Gasteiger partial charge in [0.25, 0.3) is 0 Å². The molecule has 106 valence electrons. The van der Waals surface area contributed by atoms with Crippen molar-refractivity contribution in [2.45, 2.75) is 58.4 Å². The van der Waals surface area contributed by atoms with E-state index in [1.165, 1.54) is 0 Å². The van der Waals surface area contributed by atoms with Crippen LogP contribution in [0.4, 0.5) is 0 Å². The maximum atomic E-state index is 11.8. The predicted octanol–water partition coefficient (Wildman–Crippen LogP) is 3.07. The Morgan fingerprint density at radius 2 is 1.67 bits per heavy atom. The molecule has 18 heavy (non-hydrogen) atoms. The molecule has 0 saturated heterocycles. The largest absolute Gasteiger partial charge is 0.466 e. The van der Waals surface area contributed by atoms with Crippen LogP contribution in [0.1, 0.15) is 48.0 Å². The fourth-order valence-electron chi connectivity index (χ4n) is 1.31. The highest BCUT2D eigenvalue weighted by molar-refractivity contribution is 9.10. The number of ether oxygens (including phenoxy) is 2. The van der Waals surface area contributed by atoms with E-state index in [2.05, 4.69) is 15.9 Å². The van der Waals surface area contributed by atoms with Gasteiger partial charge in [0, 0.05) is 0 Å². The summed E-state index contributed by atoms with van der Waals surface area (Å²) in [6.07, 6.45) is 0.334. The molecule has 0 aromatic rings. The van der Waals surface area contributed by atoms with E-state index < -0.39 is 15.8 Å². The molecule has 0 aromatic carbocycles. The van der Waals surface area contributed by atoms with Gasteiger partial charge in [-0.25, -0.2) is 0 Å². The number of esters is 2. The summed E-state index contributed by atoms with van der Waals surface area (Å²) in [4.78, 5) is 23.0. The van der Waals surface area contributed by atoms with E-state index in [-0.39, 0.29) is 11.9 Å². The van der Waals surface area contributed by atoms with Crippen molar-refractivity contribution in [3.05, 3.63) is 0 Å². The average molecular weight is 323 g/mol. The van der Waals surface area contributed by atoms with Gasteiger partial charge in [-0.15, -0.1) is 0 Å². The number of hydrogen-bond donors (Lipinski definition) is 0. The van der Waals surface area contributed by atoms with Crippen LogP contribution in [-0.2, 0) is 19.1 Å². The fraction of sp³-hybridized carbons (Fsp3) is 0.846. The summed E-state index contributed by atoms with van der Waals surface area (Å²) in [5.74, 6) is -0.669. The van der Waals surface area contributed by atoms with Gasteiger partial charge in [0.1, 0.15) is 10.4 Å². The molecule has 0 N–H and O–H groups in total. The second kappa shape index (κ2) is 6.55. The molecule has 0 saturated carbocycles. The van der Waals surface area contributed by atoms with Gasteiger partial charge < -0.3 is 9.47 Å². The summed E-state index contributed by atoms with van der Waals surface area (Å²) in [6.45, 7) is 11.0. The van der Waals surface area contributed by atoms with Gasteiger partial charge in [-0.2, -0.15) is 0 Å². The molecule has 0 aliphatic rings. The second-order valence-corrected chi connectivity index (χ2v) is 6.91. The molecule has 0 bridgehead atoms. The smallest absolute Gasteiger partial charge is 0.320 e. The molecule has 0 radical (unpaired) electrons. The number of halogens is 1. The van der Waals surface area contributed by atoms with Gasteiger partial charge in [-0.1, -0.05) is 15.9 Å². The zero-order chi connectivity index (χ0) is 14.6. The molecule has 0 aliphatic heterocycles. The van der Waals surface area contributed by atoms with Crippen LogP contribution in [0.5, 0.6) is 0 Å². The highest BCUT2D eigenvalue weighted by atomic mass is 79.9. The molecule has 0 heterocycles. The predicted molar refractivity (Wildman–Crippen MR) is 73.6 cm³/mol. The molecule has 0 aromatic heterocycles. The Kier molecular flexibility index (Phi) is 6.34. The summed E-state index contributed by atoms with van der Waals surface area (Å²) in [5.41, 5.74) is -1.25. The lowest BCUT2D eigenvalue weighted by molar-refractivity contribution is -0.157. The van der Waals surface area contributed by atoms with Crippen molar-refractivity contribution in [2.24, 2.45) is 5.41 Å². The Balaban J connectivity index is 4.50. The van der Waals surface area contributed by atoms with Crippen LogP contribution in [0, 0.1) is 5.41 Å². The van der Waals surface area contributed by atoms with Gasteiger partial charge in [0.15, 0.2) is 0 Å². The minimum absolute atomic E-state index is 0.307. The minimum atomic E-state index is -0.721. The van der Waals surface area contributed by atoms with Crippen molar-refractivity contribution in [2.75, 3.05) is 6.61 Å². The van der Waals surface area contributed by atoms with Crippen LogP contribution in [0.2, 0.25) is 0 Å². The van der Waals surface area contributed by atoms with Crippen molar-refractivity contribution in [3.8, 4) is 0 Å². The Labute approximate surface area is 118 Å². The summed E-state index contributed by atoms with van der Waals surface area (Å²) in [7, 11) is 0. The van der Waals surface area contributed by atoms with E-state index in [4.69, 9.17) is 9.47 Å². The monoisotopic (exact) mass is 322 g/mol. The van der Waals surface area contributed by atoms with Crippen LogP contribution in [-0.4, -0.2) is 29.0 Å². The standard InChI is InChI=1S/C13H23BrO4/c1-7-17-11(16)13(5,6)8-9(14)10(15)18-12(2,3)4/h9H,7-8H2,1-6H3. The van der Waals surface area contributed by atoms with Crippen molar-refractivity contribution < 1.29 is 19.1 Å². The van der Waals surface area contributed by atoms with Crippen LogP contribution < -0.4 is 0 Å². The quantitative estimate of drug-likeness (QED) is 0.576. The molecule has 0 spiro atoms. The van der Waals surface area contributed by atoms with E-state index in [0.29, 0.717) is 13.0 Å². The van der Waals surface area contributed by atoms with E-state index in [0.717, 1.165) is 0 Å². The maximum Gasteiger partial charge on any atom is 0.320 e. The van der Waals surface area contributed by atoms with Crippen molar-refractivity contribution in [1.29, 1.82) is 0 Å². The maximum absolute atomic E-state index is 11.8. The first kappa shape index (κ1) is 17.4. The van der Waals surface area contributed by atoms with Gasteiger partial charge >= 0.3 is 11.9 Å². The molecule has 1 unspecified atom stereocenters. The summed E-state index contributed by atoms with van der Waals surface area (Å²) >= 11 is 3.27. The van der Waals surface area contributed by atoms with E-state index in [9.17, 15) is 9.59 Å². The van der Waals surface area contributed by atoms with E-state index in [1.54, 1.807) is 41.5 Å². The first-order valence-electron chi connectivity index (χ1n) is 6.04. The fourth-order valence-corrected chi connectivity index (χ4v) is 2.21. The average Bonchev–Trinajstić information content (AvgIpc) is 2.14. The minimum Gasteiger partial charge on any atom is -0.466 e. The SMILES string of the molecule is CCOC(=O)C(C)(C)CC(Br)C(=O)OC(C)(C)C. The van der Waals surface area contributed by atoms with Crippen molar-refractivity contribution in [3.63, 3.8) is 0 Å². The van der Waals surface area contributed by atoms with E-state index in [1.807, 2.05) is 0 Å². The van der Waals surface area contributed by atoms with Crippen molar-refractivity contribution in [1.82, 2.24) is 0 Å². The zero-order valence-corrected chi connectivity index (χ0v) is 13.6. The molecular formula is C13H23BrO4. The Morgan fingerprint density at radius 1 is 1.17 bits per heavy atom. The summed E-state index contributed by atoms with van der Waals surface area (Å²) in [5, 5.41) is 0. The second-order valence-electron chi connectivity index (χ2n) is 5.81. The Hall–Kier alpha value is -0.580. The van der Waals surface area contributed by atoms with Crippen LogP contribution in [0.25, 0.3) is 0 Å². The third-order valence-corrected chi connectivity index (χ3v) is 2.88. The zero-order valence-electron chi connectivity index (χ0n) is 12.0. The summed E-state index contributed by atoms with van der Waals surface area (Å²) in [6, 6.07) is 0. The van der Waals surface area contributed by atoms with Gasteiger partial charge in [-0.05, 0) is 48.0 Å². The van der Waals surface area contributed by atoms with Crippen molar-refractivity contribution >= 4 is 27.9 Å². The Morgan fingerprint density at radius 3 is 2.06 bits per heavy atom. The first-order valence-corrected chi connectivity index (χ1v) is 6.95. The third kappa shape index (κ3) is 6.38. The molecule has 0 aliphatic carbocycles. The van der Waals surface area contributed by atoms with Gasteiger partial charge in [0.2, 0.25) is 0 Å². The van der Waals surface area contributed by atoms with E-state index >= 15 is 0 Å². The normalized spacial score (nSPS) is 13.9. The van der Waals surface area contributed by atoms with Gasteiger partial charge in [0.05, 0.1) is 12.0 Å². The molecule has 0 rings (SSSR count). The first-order chi connectivity index (χ1) is 7.99. The molecule has 0 fully saturated rings.